The number of rotatable bonds is 5. The molecular weight excluding hydrogens is 487 g/mol. The van der Waals surface area contributed by atoms with Crippen LogP contribution < -0.4 is 5.73 Å². The van der Waals surface area contributed by atoms with E-state index in [0.717, 1.165) is 10.5 Å². The molecule has 0 radical (unpaired) electrons. The van der Waals surface area contributed by atoms with Gasteiger partial charge in [-0.15, -0.1) is 0 Å². The van der Waals surface area contributed by atoms with Gasteiger partial charge in [0.2, 0.25) is 5.95 Å². The molecule has 0 bridgehead atoms. The van der Waals surface area contributed by atoms with Gasteiger partial charge in [0.15, 0.2) is 0 Å². The lowest BCUT2D eigenvalue weighted by molar-refractivity contribution is -0.186. The van der Waals surface area contributed by atoms with E-state index in [9.17, 15) is 22.8 Å². The molecule has 0 saturated carbocycles. The molecule has 1 saturated heterocycles. The van der Waals surface area contributed by atoms with E-state index in [1.54, 1.807) is 15.5 Å². The normalized spacial score (nSPS) is 17.8. The van der Waals surface area contributed by atoms with Crippen molar-refractivity contribution in [3.05, 3.63) is 23.8 Å². The zero-order valence-electron chi connectivity index (χ0n) is 22.6. The number of aromatic nitrogens is 2. The van der Waals surface area contributed by atoms with Crippen LogP contribution >= 0.6 is 0 Å². The van der Waals surface area contributed by atoms with Gasteiger partial charge in [-0.3, -0.25) is 4.79 Å². The average Bonchev–Trinajstić information content (AvgIpc) is 3.32. The molecule has 37 heavy (non-hydrogen) atoms. The molecule has 0 aliphatic carbocycles. The number of amides is 2. The number of nitrogens with two attached hydrogens (primary N) is 1. The summed E-state index contributed by atoms with van der Waals surface area (Å²) in [5.41, 5.74) is 7.34. The largest absolute Gasteiger partial charge is 0.471 e. The third-order valence-electron chi connectivity index (χ3n) is 6.82. The Bertz CT molecular complexity index is 1150. The van der Waals surface area contributed by atoms with E-state index in [0.29, 0.717) is 23.9 Å². The predicted octanol–water partition coefficient (Wildman–Crippen LogP) is 5.34. The summed E-state index contributed by atoms with van der Waals surface area (Å²) in [5.74, 6) is -1.67. The number of carbonyl (C=O) groups excluding carboxylic acids is 2. The number of hydrogen-bond donors (Lipinski definition) is 1. The number of nitrogen functional groups attached to an aromatic ring is 1. The Labute approximate surface area is 215 Å². The number of halogens is 3. The number of nitrogens with zero attached hydrogens (tertiary/aromatic N) is 4. The van der Waals surface area contributed by atoms with Gasteiger partial charge in [0, 0.05) is 25.7 Å². The highest BCUT2D eigenvalue weighted by molar-refractivity contribution is 5.82. The second-order valence-electron chi connectivity index (χ2n) is 11.8. The second-order valence-corrected chi connectivity index (χ2v) is 11.8. The molecule has 1 unspecified atom stereocenters. The summed E-state index contributed by atoms with van der Waals surface area (Å²) in [7, 11) is 0. The van der Waals surface area contributed by atoms with Crippen molar-refractivity contribution in [2.45, 2.75) is 98.3 Å². The van der Waals surface area contributed by atoms with Crippen LogP contribution in [0, 0.1) is 5.41 Å². The molecule has 11 heteroatoms. The fourth-order valence-electron chi connectivity index (χ4n) is 4.50. The van der Waals surface area contributed by atoms with Crippen molar-refractivity contribution in [1.82, 2.24) is 19.4 Å². The van der Waals surface area contributed by atoms with Gasteiger partial charge in [0.1, 0.15) is 5.60 Å². The average molecular weight is 526 g/mol. The van der Waals surface area contributed by atoms with Crippen molar-refractivity contribution < 1.29 is 27.5 Å². The van der Waals surface area contributed by atoms with Gasteiger partial charge in [-0.05, 0) is 63.6 Å². The number of carbonyl (C=O) groups is 2. The first-order valence-corrected chi connectivity index (χ1v) is 12.5. The van der Waals surface area contributed by atoms with E-state index in [-0.39, 0.29) is 37.0 Å². The van der Waals surface area contributed by atoms with Gasteiger partial charge in [-0.2, -0.15) is 13.2 Å². The quantitative estimate of drug-likeness (QED) is 0.569. The van der Waals surface area contributed by atoms with Crippen LogP contribution in [0.5, 0.6) is 0 Å². The Morgan fingerprint density at radius 1 is 1.19 bits per heavy atom. The van der Waals surface area contributed by atoms with Crippen LogP contribution in [0.1, 0.15) is 66.9 Å². The lowest BCUT2D eigenvalue weighted by Crippen LogP contribution is -2.47. The Kier molecular flexibility index (Phi) is 7.77. The monoisotopic (exact) mass is 525 g/mol. The summed E-state index contributed by atoms with van der Waals surface area (Å²) in [6.07, 6.45) is -4.38. The number of anilines is 1. The number of hydrogen-bond acceptors (Lipinski definition) is 5. The maximum absolute atomic E-state index is 13.1. The minimum atomic E-state index is -4.91. The first-order chi connectivity index (χ1) is 16.9. The number of imidazole rings is 1. The van der Waals surface area contributed by atoms with Gasteiger partial charge >= 0.3 is 18.2 Å². The van der Waals surface area contributed by atoms with E-state index in [4.69, 9.17) is 10.5 Å². The van der Waals surface area contributed by atoms with Crippen LogP contribution in [0.4, 0.5) is 23.9 Å². The molecule has 2 aromatic rings. The highest BCUT2D eigenvalue weighted by Gasteiger charge is 2.46. The number of benzene rings is 1. The van der Waals surface area contributed by atoms with Crippen LogP contribution in [0.15, 0.2) is 18.2 Å². The maximum atomic E-state index is 13.1. The van der Waals surface area contributed by atoms with E-state index in [2.05, 4.69) is 25.8 Å². The number of alkyl halides is 3. The highest BCUT2D eigenvalue weighted by Crippen LogP contribution is 2.30. The first kappa shape index (κ1) is 28.6. The Hall–Kier alpha value is -2.98. The van der Waals surface area contributed by atoms with E-state index in [1.807, 2.05) is 39.8 Å². The predicted molar refractivity (Wildman–Crippen MR) is 136 cm³/mol. The summed E-state index contributed by atoms with van der Waals surface area (Å²) >= 11 is 0. The zero-order chi connectivity index (χ0) is 27.9. The van der Waals surface area contributed by atoms with Crippen LogP contribution in [-0.4, -0.2) is 61.8 Å². The van der Waals surface area contributed by atoms with Crippen molar-refractivity contribution in [2.24, 2.45) is 5.41 Å². The molecule has 1 fully saturated rings. The smallest absolute Gasteiger partial charge is 0.444 e. The van der Waals surface area contributed by atoms with Gasteiger partial charge in [0.05, 0.1) is 17.1 Å². The molecule has 8 nitrogen and oxygen atoms in total. The van der Waals surface area contributed by atoms with Gasteiger partial charge in [-0.25, -0.2) is 9.78 Å². The number of likely N-dealkylation sites (tertiary alicyclic amines) is 1. The van der Waals surface area contributed by atoms with Gasteiger partial charge in [0.25, 0.3) is 0 Å². The molecule has 2 atom stereocenters. The topological polar surface area (TPSA) is 93.7 Å². The fourth-order valence-corrected chi connectivity index (χ4v) is 4.50. The molecule has 0 spiro atoms. The molecule has 2 N–H and O–H groups in total. The SMILES string of the molecule is C[C@H](N(Cc1ccc2c(c1)nc(N)n2CC1CCCN1C(=O)C(F)(F)F)C(=O)OC(C)(C)C)C(C)(C)C. The summed E-state index contributed by atoms with van der Waals surface area (Å²) in [4.78, 5) is 31.9. The van der Waals surface area contributed by atoms with Crippen molar-refractivity contribution in [3.63, 3.8) is 0 Å². The van der Waals surface area contributed by atoms with E-state index >= 15 is 0 Å². The van der Waals surface area contributed by atoms with Gasteiger partial charge in [-0.1, -0.05) is 26.8 Å². The third kappa shape index (κ3) is 6.67. The molecule has 1 aromatic heterocycles. The Morgan fingerprint density at radius 3 is 2.41 bits per heavy atom. The second kappa shape index (κ2) is 10.1. The number of ether oxygens (including phenoxy) is 1. The minimum absolute atomic E-state index is 0.0617. The van der Waals surface area contributed by atoms with Crippen molar-refractivity contribution in [3.8, 4) is 0 Å². The van der Waals surface area contributed by atoms with Crippen LogP contribution in [0.3, 0.4) is 0 Å². The first-order valence-electron chi connectivity index (χ1n) is 12.5. The summed E-state index contributed by atoms with van der Waals surface area (Å²) in [5, 5.41) is 0. The molecule has 1 aliphatic heterocycles. The lowest BCUT2D eigenvalue weighted by atomic mass is 9.87. The van der Waals surface area contributed by atoms with Gasteiger partial charge < -0.3 is 24.8 Å². The van der Waals surface area contributed by atoms with Crippen molar-refractivity contribution in [1.29, 1.82) is 0 Å². The van der Waals surface area contributed by atoms with Crippen molar-refractivity contribution in [2.75, 3.05) is 12.3 Å². The van der Waals surface area contributed by atoms with Crippen LogP contribution in [0.2, 0.25) is 0 Å². The van der Waals surface area contributed by atoms with E-state index < -0.39 is 29.8 Å². The Morgan fingerprint density at radius 2 is 1.84 bits per heavy atom. The molecular formula is C26H38F3N5O3. The minimum Gasteiger partial charge on any atom is -0.444 e. The van der Waals surface area contributed by atoms with E-state index in [1.165, 1.54) is 0 Å². The third-order valence-corrected chi connectivity index (χ3v) is 6.82. The Balaban J connectivity index is 1.87. The fraction of sp³-hybridized carbons (Fsp3) is 0.654. The molecule has 3 rings (SSSR count). The van der Waals surface area contributed by atoms with Crippen molar-refractivity contribution >= 4 is 29.0 Å². The highest BCUT2D eigenvalue weighted by atomic mass is 19.4. The molecule has 2 heterocycles. The van der Waals surface area contributed by atoms with Crippen LogP contribution in [-0.2, 0) is 22.6 Å². The summed E-state index contributed by atoms with van der Waals surface area (Å²) < 4.78 is 46.4. The summed E-state index contributed by atoms with van der Waals surface area (Å²) in [6.45, 7) is 14.1. The maximum Gasteiger partial charge on any atom is 0.471 e. The molecule has 2 amide bonds. The van der Waals surface area contributed by atoms with Crippen LogP contribution in [0.25, 0.3) is 11.0 Å². The summed E-state index contributed by atoms with van der Waals surface area (Å²) in [6, 6.07) is 4.71. The molecule has 1 aliphatic rings. The zero-order valence-corrected chi connectivity index (χ0v) is 22.6. The number of fused-ring (bicyclic) bond motifs is 1. The molecule has 206 valence electrons. The standard InChI is InChI=1S/C26H38F3N5O3/c1-16(24(2,3)4)33(23(36)37-25(5,6)7)14-17-10-11-20-19(13-17)31-22(30)34(20)15-18-9-8-12-32(18)21(35)26(27,28)29/h10-11,13,16,18H,8-9,12,14-15H2,1-7H3,(H2,30,31)/t16-,18?/m0/s1. The lowest BCUT2D eigenvalue weighted by Gasteiger charge is -2.38. The molecule has 1 aromatic carbocycles.